The van der Waals surface area contributed by atoms with Crippen LogP contribution in [0.2, 0.25) is 5.02 Å². The molecule has 2 N–H and O–H groups in total. The number of carbonyl (C=O) groups is 2. The molecular formula is C28H24ClN3O3. The van der Waals surface area contributed by atoms with E-state index in [1.54, 1.807) is 25.1 Å². The Hall–Kier alpha value is -4.16. The number of nitrogens with zero attached hydrogens (tertiary/aromatic N) is 1. The van der Waals surface area contributed by atoms with Gasteiger partial charge >= 0.3 is 11.8 Å². The monoisotopic (exact) mass is 485 g/mol. The minimum absolute atomic E-state index is 0.431. The fourth-order valence-corrected chi connectivity index (χ4v) is 3.66. The van der Waals surface area contributed by atoms with Gasteiger partial charge in [0.25, 0.3) is 0 Å². The number of ether oxygens (including phenoxy) is 1. The third kappa shape index (κ3) is 6.05. The summed E-state index contributed by atoms with van der Waals surface area (Å²) in [5.41, 5.74) is 6.03. The first-order chi connectivity index (χ1) is 16.9. The maximum absolute atomic E-state index is 12.1. The van der Waals surface area contributed by atoms with Gasteiger partial charge in [-0.25, -0.2) is 5.43 Å². The molecule has 0 atom stereocenters. The van der Waals surface area contributed by atoms with Crippen molar-refractivity contribution in [3.05, 3.63) is 107 Å². The van der Waals surface area contributed by atoms with Gasteiger partial charge in [0.1, 0.15) is 12.4 Å². The number of nitrogens with one attached hydrogen (secondary N) is 2. The molecule has 0 saturated carbocycles. The van der Waals surface area contributed by atoms with Gasteiger partial charge in [-0.15, -0.1) is 0 Å². The minimum atomic E-state index is -0.879. The van der Waals surface area contributed by atoms with E-state index in [1.165, 1.54) is 10.8 Å². The van der Waals surface area contributed by atoms with Crippen LogP contribution in [-0.4, -0.2) is 17.5 Å². The van der Waals surface area contributed by atoms with Crippen LogP contribution in [0.5, 0.6) is 5.75 Å². The Labute approximate surface area is 208 Å². The first-order valence-corrected chi connectivity index (χ1v) is 11.4. The average molecular weight is 486 g/mol. The number of benzene rings is 4. The molecule has 0 radical (unpaired) electrons. The summed E-state index contributed by atoms with van der Waals surface area (Å²) in [7, 11) is 0. The Balaban J connectivity index is 1.33. The van der Waals surface area contributed by atoms with Crippen molar-refractivity contribution in [3.8, 4) is 5.75 Å². The number of carbonyl (C=O) groups excluding carboxylic acids is 2. The molecule has 0 fully saturated rings. The zero-order valence-electron chi connectivity index (χ0n) is 19.3. The highest BCUT2D eigenvalue weighted by Crippen LogP contribution is 2.22. The van der Waals surface area contributed by atoms with Crippen LogP contribution in [0.1, 0.15) is 23.6 Å². The molecule has 0 aliphatic carbocycles. The molecule has 0 unspecified atom stereocenters. The highest BCUT2D eigenvalue weighted by Gasteiger charge is 2.14. The third-order valence-corrected chi connectivity index (χ3v) is 5.91. The lowest BCUT2D eigenvalue weighted by molar-refractivity contribution is -0.136. The first kappa shape index (κ1) is 24.0. The van der Waals surface area contributed by atoms with Crippen molar-refractivity contribution in [3.63, 3.8) is 0 Å². The minimum Gasteiger partial charge on any atom is -0.489 e. The number of rotatable bonds is 6. The lowest BCUT2D eigenvalue weighted by atomic mass is 10.1. The second kappa shape index (κ2) is 10.8. The first-order valence-electron chi connectivity index (χ1n) is 11.0. The molecule has 35 heavy (non-hydrogen) atoms. The van der Waals surface area contributed by atoms with E-state index < -0.39 is 11.8 Å². The molecule has 0 bridgehead atoms. The number of anilines is 1. The predicted octanol–water partition coefficient (Wildman–Crippen LogP) is 5.86. The lowest BCUT2D eigenvalue weighted by Gasteiger charge is -2.10. The molecule has 2 amide bonds. The number of hydrazone groups is 1. The number of fused-ring (bicyclic) bond motifs is 1. The largest absolute Gasteiger partial charge is 0.489 e. The smallest absolute Gasteiger partial charge is 0.329 e. The second-order valence-corrected chi connectivity index (χ2v) is 8.41. The SMILES string of the molecule is C/C(=N\NC(=O)C(=O)Nc1ccc(C)c(Cl)c1)c1ccc(OCc2cccc3ccccc23)cc1. The summed E-state index contributed by atoms with van der Waals surface area (Å²) in [5, 5.41) is 9.38. The summed E-state index contributed by atoms with van der Waals surface area (Å²) >= 11 is 6.05. The Morgan fingerprint density at radius 2 is 1.66 bits per heavy atom. The number of hydrogen-bond donors (Lipinski definition) is 2. The third-order valence-electron chi connectivity index (χ3n) is 5.51. The Morgan fingerprint density at radius 1 is 0.914 bits per heavy atom. The van der Waals surface area contributed by atoms with E-state index >= 15 is 0 Å². The van der Waals surface area contributed by atoms with E-state index in [0.29, 0.717) is 23.0 Å². The predicted molar refractivity (Wildman–Crippen MR) is 140 cm³/mol. The normalized spacial score (nSPS) is 11.2. The molecule has 0 aliphatic rings. The topological polar surface area (TPSA) is 79.8 Å². The van der Waals surface area contributed by atoms with E-state index in [9.17, 15) is 9.59 Å². The number of amides is 2. The van der Waals surface area contributed by atoms with E-state index in [1.807, 2.05) is 49.4 Å². The highest BCUT2D eigenvalue weighted by molar-refractivity contribution is 6.40. The molecule has 176 valence electrons. The zero-order valence-corrected chi connectivity index (χ0v) is 20.1. The van der Waals surface area contributed by atoms with Gasteiger partial charge in [-0.3, -0.25) is 9.59 Å². The van der Waals surface area contributed by atoms with E-state index in [0.717, 1.165) is 22.4 Å². The van der Waals surface area contributed by atoms with Crippen molar-refractivity contribution >= 4 is 45.6 Å². The van der Waals surface area contributed by atoms with Gasteiger partial charge in [-0.2, -0.15) is 5.10 Å². The maximum atomic E-state index is 12.1. The summed E-state index contributed by atoms with van der Waals surface area (Å²) in [6.07, 6.45) is 0. The lowest BCUT2D eigenvalue weighted by Crippen LogP contribution is -2.32. The maximum Gasteiger partial charge on any atom is 0.329 e. The van der Waals surface area contributed by atoms with Gasteiger partial charge in [-0.1, -0.05) is 60.1 Å². The second-order valence-electron chi connectivity index (χ2n) is 8.01. The molecule has 7 heteroatoms. The van der Waals surface area contributed by atoms with Crippen molar-refractivity contribution in [2.45, 2.75) is 20.5 Å². The standard InChI is InChI=1S/C28H24ClN3O3/c1-18-10-13-23(16-26(18)29)30-27(33)28(34)32-31-19(2)20-11-14-24(15-12-20)35-17-22-8-5-7-21-6-3-4-9-25(21)22/h3-16H,17H2,1-2H3,(H,30,33)(H,32,34)/b31-19+. The summed E-state index contributed by atoms with van der Waals surface area (Å²) in [6.45, 7) is 4.04. The average Bonchev–Trinajstić information content (AvgIpc) is 2.88. The fourth-order valence-electron chi connectivity index (χ4n) is 3.48. The van der Waals surface area contributed by atoms with E-state index in [4.69, 9.17) is 16.3 Å². The molecule has 4 aromatic rings. The van der Waals surface area contributed by atoms with Crippen LogP contribution >= 0.6 is 11.6 Å². The molecule has 0 spiro atoms. The van der Waals surface area contributed by atoms with Crippen LogP contribution in [0, 0.1) is 6.92 Å². The molecule has 0 saturated heterocycles. The summed E-state index contributed by atoms with van der Waals surface area (Å²) in [6, 6.07) is 26.7. The Kier molecular flexibility index (Phi) is 7.43. The summed E-state index contributed by atoms with van der Waals surface area (Å²) < 4.78 is 5.96. The van der Waals surface area contributed by atoms with Crippen LogP contribution in [-0.2, 0) is 16.2 Å². The quantitative estimate of drug-likeness (QED) is 0.204. The van der Waals surface area contributed by atoms with Gasteiger partial charge in [-0.05, 0) is 77.7 Å². The van der Waals surface area contributed by atoms with Crippen LogP contribution in [0.4, 0.5) is 5.69 Å². The Morgan fingerprint density at radius 3 is 2.43 bits per heavy atom. The number of aryl methyl sites for hydroxylation is 1. The van der Waals surface area contributed by atoms with Crippen LogP contribution in [0.25, 0.3) is 10.8 Å². The van der Waals surface area contributed by atoms with Crippen molar-refractivity contribution < 1.29 is 14.3 Å². The molecular weight excluding hydrogens is 462 g/mol. The van der Waals surface area contributed by atoms with Gasteiger partial charge in [0.05, 0.1) is 5.71 Å². The number of hydrogen-bond acceptors (Lipinski definition) is 4. The molecule has 4 aromatic carbocycles. The van der Waals surface area contributed by atoms with Gasteiger partial charge in [0, 0.05) is 10.7 Å². The van der Waals surface area contributed by atoms with Gasteiger partial charge in [0.2, 0.25) is 0 Å². The van der Waals surface area contributed by atoms with Crippen LogP contribution < -0.4 is 15.5 Å². The van der Waals surface area contributed by atoms with Gasteiger partial charge < -0.3 is 10.1 Å². The fraction of sp³-hybridized carbons (Fsp3) is 0.107. The van der Waals surface area contributed by atoms with Crippen LogP contribution in [0.3, 0.4) is 0 Å². The van der Waals surface area contributed by atoms with E-state index in [-0.39, 0.29) is 0 Å². The molecule has 4 rings (SSSR count). The molecule has 0 aromatic heterocycles. The zero-order chi connectivity index (χ0) is 24.8. The summed E-state index contributed by atoms with van der Waals surface area (Å²) in [4.78, 5) is 24.2. The molecule has 6 nitrogen and oxygen atoms in total. The summed E-state index contributed by atoms with van der Waals surface area (Å²) in [5.74, 6) is -0.996. The van der Waals surface area contributed by atoms with Gasteiger partial charge in [0.15, 0.2) is 0 Å². The number of halogens is 1. The van der Waals surface area contributed by atoms with Crippen molar-refractivity contribution in [1.82, 2.24) is 5.43 Å². The highest BCUT2D eigenvalue weighted by atomic mass is 35.5. The van der Waals surface area contributed by atoms with E-state index in [2.05, 4.69) is 40.1 Å². The van der Waals surface area contributed by atoms with Crippen molar-refractivity contribution in [1.29, 1.82) is 0 Å². The van der Waals surface area contributed by atoms with Crippen molar-refractivity contribution in [2.24, 2.45) is 5.10 Å². The molecule has 0 heterocycles. The van der Waals surface area contributed by atoms with Crippen LogP contribution in [0.15, 0.2) is 90.0 Å². The van der Waals surface area contributed by atoms with Crippen molar-refractivity contribution in [2.75, 3.05) is 5.32 Å². The molecule has 0 aliphatic heterocycles. The Bertz CT molecular complexity index is 1410.